The highest BCUT2D eigenvalue weighted by molar-refractivity contribution is 7.92. The monoisotopic (exact) mass is 665 g/mol. The fraction of sp³-hybridized carbons (Fsp3) is 0.257. The number of benzene rings is 4. The lowest BCUT2D eigenvalue weighted by Crippen LogP contribution is -2.53. The van der Waals surface area contributed by atoms with Gasteiger partial charge in [0.25, 0.3) is 10.0 Å². The number of carbonyl (C=O) groups excluding carboxylic acids is 2. The largest absolute Gasteiger partial charge is 0.494 e. The Balaban J connectivity index is 1.78. The van der Waals surface area contributed by atoms with E-state index in [-0.39, 0.29) is 29.5 Å². The molecule has 4 aromatic rings. The number of rotatable bonds is 15. The van der Waals surface area contributed by atoms with Gasteiger partial charge in [0.2, 0.25) is 11.8 Å². The minimum absolute atomic E-state index is 0.00735. The zero-order chi connectivity index (χ0) is 33.1. The van der Waals surface area contributed by atoms with Crippen LogP contribution >= 0.6 is 11.6 Å². The molecule has 1 N–H and O–H groups in total. The van der Waals surface area contributed by atoms with E-state index in [4.69, 9.17) is 16.3 Å². The number of halogens is 2. The summed E-state index contributed by atoms with van der Waals surface area (Å²) in [5.41, 5.74) is 1.61. The summed E-state index contributed by atoms with van der Waals surface area (Å²) in [5.74, 6) is -1.06. The lowest BCUT2D eigenvalue weighted by Gasteiger charge is -2.34. The zero-order valence-electron chi connectivity index (χ0n) is 25.7. The topological polar surface area (TPSA) is 96.0 Å². The molecule has 0 aromatic heterocycles. The number of hydrogen-bond donors (Lipinski definition) is 1. The van der Waals surface area contributed by atoms with E-state index in [0.717, 1.165) is 22.0 Å². The second-order valence-electron chi connectivity index (χ2n) is 10.5. The first-order valence-corrected chi connectivity index (χ1v) is 16.8. The van der Waals surface area contributed by atoms with E-state index in [1.54, 1.807) is 24.3 Å². The molecular weight excluding hydrogens is 629 g/mol. The number of anilines is 1. The molecule has 0 saturated heterocycles. The highest BCUT2D eigenvalue weighted by atomic mass is 35.5. The van der Waals surface area contributed by atoms with Crippen molar-refractivity contribution in [3.05, 3.63) is 125 Å². The van der Waals surface area contributed by atoms with Crippen LogP contribution in [0.1, 0.15) is 31.4 Å². The van der Waals surface area contributed by atoms with Crippen molar-refractivity contribution in [3.63, 3.8) is 0 Å². The van der Waals surface area contributed by atoms with Crippen LogP contribution in [0.15, 0.2) is 108 Å². The van der Waals surface area contributed by atoms with Crippen LogP contribution in [0.25, 0.3) is 0 Å². The summed E-state index contributed by atoms with van der Waals surface area (Å²) in [6.45, 7) is 3.91. The van der Waals surface area contributed by atoms with E-state index in [2.05, 4.69) is 5.32 Å². The van der Waals surface area contributed by atoms with Gasteiger partial charge < -0.3 is 15.0 Å². The quantitative estimate of drug-likeness (QED) is 0.162. The van der Waals surface area contributed by atoms with Gasteiger partial charge in [0, 0.05) is 24.5 Å². The zero-order valence-corrected chi connectivity index (χ0v) is 27.3. The van der Waals surface area contributed by atoms with Crippen molar-refractivity contribution >= 4 is 39.1 Å². The van der Waals surface area contributed by atoms with Gasteiger partial charge in [0.05, 0.1) is 17.2 Å². The normalized spacial score (nSPS) is 11.8. The van der Waals surface area contributed by atoms with Crippen LogP contribution in [0.4, 0.5) is 10.1 Å². The molecule has 0 heterocycles. The molecule has 242 valence electrons. The van der Waals surface area contributed by atoms with Crippen molar-refractivity contribution in [1.82, 2.24) is 10.2 Å². The van der Waals surface area contributed by atoms with E-state index in [9.17, 15) is 22.4 Å². The summed E-state index contributed by atoms with van der Waals surface area (Å²) in [5, 5.41) is 3.41. The van der Waals surface area contributed by atoms with Gasteiger partial charge in [0.1, 0.15) is 24.2 Å². The van der Waals surface area contributed by atoms with Gasteiger partial charge in [-0.1, -0.05) is 61.0 Å². The van der Waals surface area contributed by atoms with E-state index < -0.39 is 34.3 Å². The van der Waals surface area contributed by atoms with Gasteiger partial charge in [-0.3, -0.25) is 13.9 Å². The Morgan fingerprint density at radius 3 is 2.13 bits per heavy atom. The lowest BCUT2D eigenvalue weighted by atomic mass is 10.0. The van der Waals surface area contributed by atoms with Gasteiger partial charge in [-0.2, -0.15) is 0 Å². The lowest BCUT2D eigenvalue weighted by molar-refractivity contribution is -0.140. The predicted octanol–water partition coefficient (Wildman–Crippen LogP) is 6.24. The van der Waals surface area contributed by atoms with Crippen LogP contribution in [0.2, 0.25) is 5.02 Å². The molecule has 0 aliphatic rings. The molecule has 0 fully saturated rings. The van der Waals surface area contributed by atoms with Gasteiger partial charge >= 0.3 is 0 Å². The first-order chi connectivity index (χ1) is 22.1. The minimum Gasteiger partial charge on any atom is -0.494 e. The van der Waals surface area contributed by atoms with Crippen LogP contribution in [0.5, 0.6) is 5.75 Å². The third-order valence-electron chi connectivity index (χ3n) is 7.20. The molecule has 8 nitrogen and oxygen atoms in total. The third-order valence-corrected chi connectivity index (χ3v) is 9.24. The van der Waals surface area contributed by atoms with Gasteiger partial charge in [-0.25, -0.2) is 12.8 Å². The number of sulfonamides is 1. The number of ether oxygens (including phenoxy) is 1. The van der Waals surface area contributed by atoms with Gasteiger partial charge in [0.15, 0.2) is 0 Å². The summed E-state index contributed by atoms with van der Waals surface area (Å²) >= 11 is 6.12. The van der Waals surface area contributed by atoms with Crippen molar-refractivity contribution in [2.45, 2.75) is 44.2 Å². The fourth-order valence-electron chi connectivity index (χ4n) is 4.84. The summed E-state index contributed by atoms with van der Waals surface area (Å²) in [6.07, 6.45) is 0.880. The molecule has 4 aromatic carbocycles. The number of hydrogen-bond acceptors (Lipinski definition) is 5. The summed E-state index contributed by atoms with van der Waals surface area (Å²) in [6, 6.07) is 25.9. The molecular formula is C35H37ClFN3O5S. The molecule has 0 aliphatic carbocycles. The molecule has 46 heavy (non-hydrogen) atoms. The molecule has 1 unspecified atom stereocenters. The average Bonchev–Trinajstić information content (AvgIpc) is 3.06. The van der Waals surface area contributed by atoms with Gasteiger partial charge in [-0.15, -0.1) is 0 Å². The van der Waals surface area contributed by atoms with E-state index in [1.807, 2.05) is 44.2 Å². The highest BCUT2D eigenvalue weighted by Crippen LogP contribution is 2.27. The van der Waals surface area contributed by atoms with Crippen molar-refractivity contribution in [1.29, 1.82) is 0 Å². The Hall–Kier alpha value is -4.41. The number of amides is 2. The first-order valence-electron chi connectivity index (χ1n) is 15.0. The molecule has 4 rings (SSSR count). The van der Waals surface area contributed by atoms with Crippen LogP contribution in [0.3, 0.4) is 0 Å². The Labute approximate surface area is 274 Å². The Bertz CT molecular complexity index is 1690. The summed E-state index contributed by atoms with van der Waals surface area (Å²) in [4.78, 5) is 29.4. The summed E-state index contributed by atoms with van der Waals surface area (Å²) < 4.78 is 48.5. The second-order valence-corrected chi connectivity index (χ2v) is 12.8. The maximum atomic E-state index is 14.4. The van der Waals surface area contributed by atoms with E-state index in [1.165, 1.54) is 41.3 Å². The Morgan fingerprint density at radius 2 is 1.52 bits per heavy atom. The minimum atomic E-state index is -4.33. The molecule has 0 radical (unpaired) electrons. The van der Waals surface area contributed by atoms with E-state index in [0.29, 0.717) is 35.9 Å². The Morgan fingerprint density at radius 1 is 0.870 bits per heavy atom. The number of carbonyl (C=O) groups is 2. The molecule has 2 amide bonds. The van der Waals surface area contributed by atoms with Gasteiger partial charge in [-0.05, 0) is 85.1 Å². The maximum absolute atomic E-state index is 14.4. The fourth-order valence-corrected chi connectivity index (χ4v) is 6.38. The molecule has 0 saturated carbocycles. The summed E-state index contributed by atoms with van der Waals surface area (Å²) in [7, 11) is -4.33. The predicted molar refractivity (Wildman–Crippen MR) is 178 cm³/mol. The SMILES string of the molecule is CCCNC(=O)C(Cc1ccccc1)N(Cc1ccc(Cl)cc1)C(=O)CN(c1ccc(F)cc1)S(=O)(=O)c1ccc(OCC)cc1. The molecule has 11 heteroatoms. The van der Waals surface area contributed by atoms with Crippen molar-refractivity contribution in [3.8, 4) is 5.75 Å². The van der Waals surface area contributed by atoms with Crippen LogP contribution in [-0.4, -0.2) is 50.9 Å². The molecule has 0 aliphatic heterocycles. The van der Waals surface area contributed by atoms with Crippen LogP contribution < -0.4 is 14.4 Å². The van der Waals surface area contributed by atoms with Crippen molar-refractivity contribution in [2.75, 3.05) is 24.0 Å². The number of nitrogens with one attached hydrogen (secondary N) is 1. The first kappa shape index (κ1) is 34.5. The number of nitrogens with zero attached hydrogens (tertiary/aromatic N) is 2. The molecule has 1 atom stereocenters. The molecule has 0 spiro atoms. The Kier molecular flexibility index (Phi) is 12.2. The standard InChI is InChI=1S/C35H37ClFN3O5S/c1-3-22-38-35(42)33(23-26-8-6-5-7-9-26)39(24-27-10-12-28(36)13-11-27)34(41)25-40(30-16-14-29(37)15-17-30)46(43,44)32-20-18-31(19-21-32)45-4-2/h5-21,33H,3-4,22-25H2,1-2H3,(H,38,42). The highest BCUT2D eigenvalue weighted by Gasteiger charge is 2.34. The maximum Gasteiger partial charge on any atom is 0.264 e. The smallest absolute Gasteiger partial charge is 0.264 e. The van der Waals surface area contributed by atoms with Crippen molar-refractivity contribution in [2.24, 2.45) is 0 Å². The van der Waals surface area contributed by atoms with E-state index >= 15 is 0 Å². The third kappa shape index (κ3) is 9.08. The van der Waals surface area contributed by atoms with Crippen LogP contribution in [-0.2, 0) is 32.6 Å². The molecule has 0 bridgehead atoms. The average molecular weight is 666 g/mol. The van der Waals surface area contributed by atoms with Crippen LogP contribution in [0, 0.1) is 5.82 Å². The van der Waals surface area contributed by atoms with Crippen molar-refractivity contribution < 1.29 is 27.1 Å². The second kappa shape index (κ2) is 16.2.